The molecule has 0 saturated heterocycles. The van der Waals surface area contributed by atoms with Crippen molar-refractivity contribution < 1.29 is 10.2 Å². The van der Waals surface area contributed by atoms with Gasteiger partial charge < -0.3 is 10.2 Å². The van der Waals surface area contributed by atoms with Gasteiger partial charge in [0.05, 0.1) is 6.54 Å². The number of rotatable bonds is 2. The van der Waals surface area contributed by atoms with Crippen LogP contribution in [0, 0.1) is 12.3 Å². The van der Waals surface area contributed by atoms with E-state index in [1.54, 1.807) is 6.07 Å². The molecule has 1 aromatic rings. The summed E-state index contributed by atoms with van der Waals surface area (Å²) in [5, 5.41) is 19.2. The molecular weight excluding hydrogens is 214 g/mol. The van der Waals surface area contributed by atoms with E-state index in [1.807, 2.05) is 13.1 Å². The fraction of sp³-hybridized carbons (Fsp3) is 0.429. The maximum Gasteiger partial charge on any atom is 0.160 e. The second-order valence-electron chi connectivity index (χ2n) is 4.59. The Labute approximate surface area is 102 Å². The van der Waals surface area contributed by atoms with Crippen molar-refractivity contribution in [3.05, 3.63) is 23.3 Å². The number of phenols is 2. The molecule has 1 atom stereocenters. The van der Waals surface area contributed by atoms with Crippen molar-refractivity contribution in [2.24, 2.45) is 0 Å². The number of fused-ring (bicyclic) bond motifs is 1. The zero-order chi connectivity index (χ0) is 12.4. The third-order valence-corrected chi connectivity index (χ3v) is 3.51. The number of benzene rings is 1. The molecule has 0 bridgehead atoms. The lowest BCUT2D eigenvalue weighted by atomic mass is 9.87. The average Bonchev–Trinajstić information content (AvgIpc) is 2.34. The van der Waals surface area contributed by atoms with Gasteiger partial charge in [0.2, 0.25) is 0 Å². The fourth-order valence-electron chi connectivity index (χ4n) is 2.45. The minimum atomic E-state index is -0.0285. The Morgan fingerprint density at radius 2 is 2.24 bits per heavy atom. The molecule has 0 unspecified atom stereocenters. The van der Waals surface area contributed by atoms with Crippen LogP contribution in [0.3, 0.4) is 0 Å². The molecule has 90 valence electrons. The van der Waals surface area contributed by atoms with Crippen molar-refractivity contribution >= 4 is 0 Å². The average molecular weight is 231 g/mol. The molecule has 0 heterocycles. The second kappa shape index (κ2) is 4.68. The first-order valence-electron chi connectivity index (χ1n) is 5.80. The highest BCUT2D eigenvalue weighted by atomic mass is 16.3. The maximum absolute atomic E-state index is 9.78. The van der Waals surface area contributed by atoms with Crippen molar-refractivity contribution in [2.45, 2.75) is 25.3 Å². The van der Waals surface area contributed by atoms with E-state index in [-0.39, 0.29) is 11.5 Å². The van der Waals surface area contributed by atoms with Crippen LogP contribution < -0.4 is 0 Å². The van der Waals surface area contributed by atoms with Crippen molar-refractivity contribution in [2.75, 3.05) is 13.6 Å². The van der Waals surface area contributed by atoms with E-state index < -0.39 is 0 Å². The zero-order valence-electron chi connectivity index (χ0n) is 9.98. The summed E-state index contributed by atoms with van der Waals surface area (Å²) in [6.45, 7) is 0.643. The van der Waals surface area contributed by atoms with Crippen LogP contribution in [0.15, 0.2) is 12.1 Å². The largest absolute Gasteiger partial charge is 0.504 e. The second-order valence-corrected chi connectivity index (χ2v) is 4.59. The first-order chi connectivity index (χ1) is 8.13. The van der Waals surface area contributed by atoms with Gasteiger partial charge in [0, 0.05) is 11.6 Å². The quantitative estimate of drug-likeness (QED) is 0.599. The molecule has 0 fully saturated rings. The first kappa shape index (κ1) is 11.8. The van der Waals surface area contributed by atoms with Gasteiger partial charge in [0.15, 0.2) is 11.5 Å². The van der Waals surface area contributed by atoms with Gasteiger partial charge in [-0.15, -0.1) is 6.42 Å². The van der Waals surface area contributed by atoms with Crippen molar-refractivity contribution in [3.8, 4) is 23.8 Å². The van der Waals surface area contributed by atoms with Gasteiger partial charge in [-0.25, -0.2) is 0 Å². The molecule has 0 radical (unpaired) electrons. The Morgan fingerprint density at radius 1 is 1.47 bits per heavy atom. The Bertz CT molecular complexity index is 462. The van der Waals surface area contributed by atoms with Crippen LogP contribution >= 0.6 is 0 Å². The first-order valence-corrected chi connectivity index (χ1v) is 5.80. The normalized spacial score (nSPS) is 18.8. The highest BCUT2D eigenvalue weighted by Gasteiger charge is 2.24. The molecule has 2 rings (SSSR count). The molecular formula is C14H17NO2. The minimum Gasteiger partial charge on any atom is -0.504 e. The van der Waals surface area contributed by atoms with Gasteiger partial charge >= 0.3 is 0 Å². The van der Waals surface area contributed by atoms with Crippen LogP contribution in [-0.2, 0) is 12.8 Å². The summed E-state index contributed by atoms with van der Waals surface area (Å²) in [5.41, 5.74) is 2.00. The molecule has 17 heavy (non-hydrogen) atoms. The zero-order valence-corrected chi connectivity index (χ0v) is 9.98. The van der Waals surface area contributed by atoms with Gasteiger partial charge in [-0.2, -0.15) is 0 Å². The van der Waals surface area contributed by atoms with Crippen LogP contribution in [0.25, 0.3) is 0 Å². The van der Waals surface area contributed by atoms with Crippen molar-refractivity contribution in [1.82, 2.24) is 4.90 Å². The molecule has 1 aliphatic carbocycles. The lowest BCUT2D eigenvalue weighted by Gasteiger charge is -2.31. The van der Waals surface area contributed by atoms with Crippen LogP contribution in [0.5, 0.6) is 11.5 Å². The molecule has 1 aromatic carbocycles. The molecule has 0 aliphatic heterocycles. The van der Waals surface area contributed by atoms with Crippen LogP contribution in [0.2, 0.25) is 0 Å². The highest BCUT2D eigenvalue weighted by Crippen LogP contribution is 2.36. The summed E-state index contributed by atoms with van der Waals surface area (Å²) in [5.74, 6) is 2.66. The van der Waals surface area contributed by atoms with Crippen LogP contribution in [0.4, 0.5) is 0 Å². The van der Waals surface area contributed by atoms with E-state index in [2.05, 4.69) is 10.8 Å². The van der Waals surface area contributed by atoms with Crippen molar-refractivity contribution in [1.29, 1.82) is 0 Å². The Balaban J connectivity index is 2.20. The van der Waals surface area contributed by atoms with E-state index in [0.29, 0.717) is 12.6 Å². The lowest BCUT2D eigenvalue weighted by molar-refractivity contribution is 0.245. The molecule has 3 nitrogen and oxygen atoms in total. The summed E-state index contributed by atoms with van der Waals surface area (Å²) in [4.78, 5) is 2.16. The Kier molecular flexibility index (Phi) is 3.26. The smallest absolute Gasteiger partial charge is 0.160 e. The molecule has 2 N–H and O–H groups in total. The number of nitrogens with zero attached hydrogens (tertiary/aromatic N) is 1. The van der Waals surface area contributed by atoms with E-state index in [0.717, 1.165) is 30.4 Å². The van der Waals surface area contributed by atoms with Crippen molar-refractivity contribution in [3.63, 3.8) is 0 Å². The van der Waals surface area contributed by atoms with Gasteiger partial charge in [0.25, 0.3) is 0 Å². The molecule has 3 heteroatoms. The number of likely N-dealkylation sites (N-methyl/N-ethyl adjacent to an activating group) is 1. The van der Waals surface area contributed by atoms with Gasteiger partial charge in [-0.3, -0.25) is 4.90 Å². The van der Waals surface area contributed by atoms with Gasteiger partial charge in [0.1, 0.15) is 0 Å². The summed E-state index contributed by atoms with van der Waals surface area (Å²) in [7, 11) is 2.02. The Morgan fingerprint density at radius 3 is 2.94 bits per heavy atom. The topological polar surface area (TPSA) is 43.7 Å². The lowest BCUT2D eigenvalue weighted by Crippen LogP contribution is -2.36. The van der Waals surface area contributed by atoms with Crippen LogP contribution in [-0.4, -0.2) is 34.7 Å². The maximum atomic E-state index is 9.78. The molecule has 1 aliphatic rings. The summed E-state index contributed by atoms with van der Waals surface area (Å²) >= 11 is 0. The minimum absolute atomic E-state index is 0.0285. The monoisotopic (exact) mass is 231 g/mol. The Hall–Kier alpha value is -1.66. The predicted molar refractivity (Wildman–Crippen MR) is 67.0 cm³/mol. The third kappa shape index (κ3) is 2.22. The third-order valence-electron chi connectivity index (χ3n) is 3.51. The SMILES string of the molecule is C#CCN(C)[C@H]1CCc2c(ccc(O)c2O)C1. The van der Waals surface area contributed by atoms with Gasteiger partial charge in [-0.05, 0) is 37.9 Å². The van der Waals surface area contributed by atoms with E-state index in [1.165, 1.54) is 0 Å². The summed E-state index contributed by atoms with van der Waals surface area (Å²) in [6, 6.07) is 3.86. The van der Waals surface area contributed by atoms with E-state index in [4.69, 9.17) is 6.42 Å². The number of hydrogen-bond donors (Lipinski definition) is 2. The number of aromatic hydroxyl groups is 2. The molecule has 0 aromatic heterocycles. The van der Waals surface area contributed by atoms with Crippen LogP contribution in [0.1, 0.15) is 17.5 Å². The fourth-order valence-corrected chi connectivity index (χ4v) is 2.45. The highest BCUT2D eigenvalue weighted by molar-refractivity contribution is 5.50. The number of terminal acetylenes is 1. The molecule has 0 spiro atoms. The summed E-state index contributed by atoms with van der Waals surface area (Å²) in [6.07, 6.45) is 7.93. The predicted octanol–water partition coefficient (Wildman–Crippen LogP) is 1.52. The number of hydrogen-bond acceptors (Lipinski definition) is 3. The number of phenolic OH excluding ortho intramolecular Hbond substituents is 2. The molecule has 0 amide bonds. The standard InChI is InChI=1S/C14H17NO2/c1-3-8-15(2)11-5-6-12-10(9-11)4-7-13(16)14(12)17/h1,4,7,11,16-17H,5-6,8-9H2,2H3/t11-/m0/s1. The summed E-state index contributed by atoms with van der Waals surface area (Å²) < 4.78 is 0. The molecule has 0 saturated carbocycles. The van der Waals surface area contributed by atoms with E-state index >= 15 is 0 Å². The van der Waals surface area contributed by atoms with Gasteiger partial charge in [-0.1, -0.05) is 12.0 Å². The van der Waals surface area contributed by atoms with E-state index in [9.17, 15) is 10.2 Å².